The summed E-state index contributed by atoms with van der Waals surface area (Å²) >= 11 is 0. The number of amides is 2. The van der Waals surface area contributed by atoms with Crippen LogP contribution >= 0.6 is 0 Å². The molecule has 9 heteroatoms. The largest absolute Gasteiger partial charge is 0.354 e. The van der Waals surface area contributed by atoms with Crippen molar-refractivity contribution < 1.29 is 28.5 Å². The first kappa shape index (κ1) is 20.0. The molecular formula is C15H23N3O6. The number of carbonyl (C=O) groups is 2. The number of hydrogen-bond donors (Lipinski definition) is 2. The predicted molar refractivity (Wildman–Crippen MR) is 84.5 cm³/mol. The zero-order chi connectivity index (χ0) is 17.9. The quantitative estimate of drug-likeness (QED) is 0.566. The van der Waals surface area contributed by atoms with E-state index in [0.717, 1.165) is 0 Å². The zero-order valence-electron chi connectivity index (χ0n) is 14.2. The number of ether oxygens (including phenoxy) is 4. The van der Waals surface area contributed by atoms with Gasteiger partial charge in [-0.05, 0) is 12.1 Å². The molecule has 1 aromatic heterocycles. The second kappa shape index (κ2) is 10.7. The molecule has 24 heavy (non-hydrogen) atoms. The summed E-state index contributed by atoms with van der Waals surface area (Å²) in [5, 5.41) is 5.26. The first-order valence-electron chi connectivity index (χ1n) is 7.19. The van der Waals surface area contributed by atoms with Gasteiger partial charge in [0.05, 0.1) is 13.1 Å². The Bertz CT molecular complexity index is 488. The third-order valence-electron chi connectivity index (χ3n) is 3.16. The highest BCUT2D eigenvalue weighted by atomic mass is 16.7. The van der Waals surface area contributed by atoms with Crippen LogP contribution in [0.4, 0.5) is 0 Å². The average molecular weight is 341 g/mol. The fourth-order valence-electron chi connectivity index (χ4n) is 1.77. The molecule has 2 amide bonds. The molecule has 0 unspecified atom stereocenters. The van der Waals surface area contributed by atoms with Crippen LogP contribution in [-0.2, 0) is 18.9 Å². The van der Waals surface area contributed by atoms with Crippen LogP contribution in [0.15, 0.2) is 18.3 Å². The van der Waals surface area contributed by atoms with E-state index in [1.807, 2.05) is 0 Å². The van der Waals surface area contributed by atoms with Gasteiger partial charge in [0.25, 0.3) is 11.8 Å². The van der Waals surface area contributed by atoms with E-state index < -0.39 is 18.5 Å². The predicted octanol–water partition coefficient (Wildman–Crippen LogP) is -0.221. The van der Waals surface area contributed by atoms with Gasteiger partial charge in [-0.25, -0.2) is 0 Å². The van der Waals surface area contributed by atoms with E-state index in [1.54, 1.807) is 0 Å². The molecule has 0 spiro atoms. The minimum absolute atomic E-state index is 0.114. The summed E-state index contributed by atoms with van der Waals surface area (Å²) < 4.78 is 19.9. The van der Waals surface area contributed by atoms with Crippen LogP contribution in [0.3, 0.4) is 0 Å². The van der Waals surface area contributed by atoms with Crippen LogP contribution in [0.25, 0.3) is 0 Å². The zero-order valence-corrected chi connectivity index (χ0v) is 14.2. The lowest BCUT2D eigenvalue weighted by molar-refractivity contribution is -0.0975. The minimum Gasteiger partial charge on any atom is -0.354 e. The molecule has 1 aromatic rings. The molecule has 0 aliphatic rings. The molecule has 134 valence electrons. The smallest absolute Gasteiger partial charge is 0.270 e. The maximum Gasteiger partial charge on any atom is 0.270 e. The molecule has 1 heterocycles. The first-order chi connectivity index (χ1) is 11.5. The van der Waals surface area contributed by atoms with Gasteiger partial charge in [-0.2, -0.15) is 0 Å². The number of methoxy groups -OCH3 is 4. The molecule has 0 saturated carbocycles. The van der Waals surface area contributed by atoms with Crippen molar-refractivity contribution in [2.24, 2.45) is 0 Å². The third kappa shape index (κ3) is 6.20. The molecule has 0 aliphatic carbocycles. The molecule has 0 bridgehead atoms. The number of nitrogens with zero attached hydrogens (tertiary/aromatic N) is 1. The van der Waals surface area contributed by atoms with E-state index >= 15 is 0 Å². The molecule has 0 atom stereocenters. The Morgan fingerprint density at radius 2 is 1.46 bits per heavy atom. The van der Waals surface area contributed by atoms with Gasteiger partial charge >= 0.3 is 0 Å². The lowest BCUT2D eigenvalue weighted by Crippen LogP contribution is -2.35. The Hall–Kier alpha value is -2.07. The summed E-state index contributed by atoms with van der Waals surface area (Å²) in [6, 6.07) is 2.90. The molecule has 1 rings (SSSR count). The molecule has 0 fully saturated rings. The van der Waals surface area contributed by atoms with E-state index in [1.165, 1.54) is 46.8 Å². The number of nitrogens with one attached hydrogen (secondary N) is 2. The van der Waals surface area contributed by atoms with Gasteiger partial charge in [0.1, 0.15) is 5.69 Å². The molecule has 9 nitrogen and oxygen atoms in total. The van der Waals surface area contributed by atoms with Gasteiger partial charge in [0, 0.05) is 40.2 Å². The van der Waals surface area contributed by atoms with Crippen LogP contribution < -0.4 is 10.6 Å². The van der Waals surface area contributed by atoms with E-state index in [9.17, 15) is 9.59 Å². The highest BCUT2D eigenvalue weighted by molar-refractivity contribution is 5.98. The van der Waals surface area contributed by atoms with Gasteiger partial charge < -0.3 is 29.6 Å². The number of hydrogen-bond acceptors (Lipinski definition) is 7. The average Bonchev–Trinajstić information content (AvgIpc) is 2.63. The fraction of sp³-hybridized carbons (Fsp3) is 0.533. The monoisotopic (exact) mass is 341 g/mol. The van der Waals surface area contributed by atoms with Gasteiger partial charge in [0.2, 0.25) is 0 Å². The van der Waals surface area contributed by atoms with E-state index in [4.69, 9.17) is 18.9 Å². The van der Waals surface area contributed by atoms with Crippen molar-refractivity contribution in [3.63, 3.8) is 0 Å². The van der Waals surface area contributed by atoms with E-state index in [0.29, 0.717) is 5.56 Å². The van der Waals surface area contributed by atoms with Crippen molar-refractivity contribution >= 4 is 11.8 Å². The van der Waals surface area contributed by atoms with E-state index in [-0.39, 0.29) is 24.7 Å². The van der Waals surface area contributed by atoms with Crippen molar-refractivity contribution in [3.05, 3.63) is 29.6 Å². The molecular weight excluding hydrogens is 318 g/mol. The topological polar surface area (TPSA) is 108 Å². The summed E-state index contributed by atoms with van der Waals surface area (Å²) in [7, 11) is 5.89. The van der Waals surface area contributed by atoms with Crippen molar-refractivity contribution in [2.45, 2.75) is 12.6 Å². The normalized spacial score (nSPS) is 10.9. The van der Waals surface area contributed by atoms with Gasteiger partial charge in [-0.15, -0.1) is 0 Å². The molecule has 0 aromatic carbocycles. The highest BCUT2D eigenvalue weighted by Crippen LogP contribution is 2.03. The maximum atomic E-state index is 12.1. The van der Waals surface area contributed by atoms with Crippen LogP contribution in [0.5, 0.6) is 0 Å². The highest BCUT2D eigenvalue weighted by Gasteiger charge is 2.14. The summed E-state index contributed by atoms with van der Waals surface area (Å²) in [5.74, 6) is -0.799. The number of carbonyl (C=O) groups excluding carboxylic acids is 2. The minimum atomic E-state index is -0.555. The molecule has 0 saturated heterocycles. The van der Waals surface area contributed by atoms with Crippen molar-refractivity contribution in [1.82, 2.24) is 15.6 Å². The molecule has 0 radical (unpaired) electrons. The lowest BCUT2D eigenvalue weighted by atomic mass is 10.2. The Morgan fingerprint density at radius 1 is 0.958 bits per heavy atom. The SMILES string of the molecule is COC(CNC(=O)c1ccnc(C(=O)NCC(OC)OC)c1)OC. The Morgan fingerprint density at radius 3 is 1.96 bits per heavy atom. The third-order valence-corrected chi connectivity index (χ3v) is 3.16. The molecule has 2 N–H and O–H groups in total. The van der Waals surface area contributed by atoms with Gasteiger partial charge in [-0.1, -0.05) is 0 Å². The summed E-state index contributed by atoms with van der Waals surface area (Å²) in [4.78, 5) is 28.1. The Labute approximate surface area is 140 Å². The molecule has 0 aliphatic heterocycles. The van der Waals surface area contributed by atoms with Crippen molar-refractivity contribution in [1.29, 1.82) is 0 Å². The fourth-order valence-corrected chi connectivity index (χ4v) is 1.77. The van der Waals surface area contributed by atoms with Crippen LogP contribution in [0, 0.1) is 0 Å². The number of rotatable bonds is 10. The number of aromatic nitrogens is 1. The van der Waals surface area contributed by atoms with Crippen LogP contribution in [0.2, 0.25) is 0 Å². The first-order valence-corrected chi connectivity index (χ1v) is 7.19. The van der Waals surface area contributed by atoms with Crippen LogP contribution in [0.1, 0.15) is 20.8 Å². The second-order valence-corrected chi connectivity index (χ2v) is 4.65. The summed E-state index contributed by atoms with van der Waals surface area (Å²) in [6.45, 7) is 0.340. The lowest BCUT2D eigenvalue weighted by Gasteiger charge is -2.15. The standard InChI is InChI=1S/C15H23N3O6/c1-21-12(22-2)8-17-14(19)10-5-6-16-11(7-10)15(20)18-9-13(23-3)24-4/h5-7,12-13H,8-9H2,1-4H3,(H,17,19)(H,18,20). The Balaban J connectivity index is 2.65. The summed E-state index contributed by atoms with van der Waals surface area (Å²) in [6.07, 6.45) is 0.289. The Kier molecular flexibility index (Phi) is 8.87. The number of pyridine rings is 1. The van der Waals surface area contributed by atoms with E-state index in [2.05, 4.69) is 15.6 Å². The summed E-state index contributed by atoms with van der Waals surface area (Å²) in [5.41, 5.74) is 0.416. The van der Waals surface area contributed by atoms with Crippen LogP contribution in [-0.4, -0.2) is 70.9 Å². The van der Waals surface area contributed by atoms with Gasteiger partial charge in [-0.3, -0.25) is 14.6 Å². The maximum absolute atomic E-state index is 12.1. The van der Waals surface area contributed by atoms with Gasteiger partial charge in [0.15, 0.2) is 12.6 Å². The van der Waals surface area contributed by atoms with Crippen molar-refractivity contribution in [2.75, 3.05) is 41.5 Å². The second-order valence-electron chi connectivity index (χ2n) is 4.65. The van der Waals surface area contributed by atoms with Crippen molar-refractivity contribution in [3.8, 4) is 0 Å².